The molecule has 0 atom stereocenters. The summed E-state index contributed by atoms with van der Waals surface area (Å²) in [5, 5.41) is 0. The van der Waals surface area contributed by atoms with Crippen LogP contribution in [0, 0.1) is 12.8 Å². The maximum Gasteiger partial charge on any atom is 0.309 e. The van der Waals surface area contributed by atoms with Crippen LogP contribution in [-0.4, -0.2) is 36.5 Å². The molecule has 0 aromatic heterocycles. The molecule has 0 bridgehead atoms. The van der Waals surface area contributed by atoms with Gasteiger partial charge in [-0.05, 0) is 38.3 Å². The first-order valence-electron chi connectivity index (χ1n) is 8.14. The molecular weight excluding hydrogens is 278 g/mol. The summed E-state index contributed by atoms with van der Waals surface area (Å²) in [4.78, 5) is 26.2. The van der Waals surface area contributed by atoms with Crippen LogP contribution in [0.5, 0.6) is 0 Å². The van der Waals surface area contributed by atoms with Gasteiger partial charge in [-0.25, -0.2) is 0 Å². The summed E-state index contributed by atoms with van der Waals surface area (Å²) >= 11 is 0. The zero-order valence-electron chi connectivity index (χ0n) is 13.5. The van der Waals surface area contributed by atoms with E-state index in [2.05, 4.69) is 6.92 Å². The van der Waals surface area contributed by atoms with Crippen molar-refractivity contribution in [3.8, 4) is 0 Å². The zero-order valence-corrected chi connectivity index (χ0v) is 13.5. The minimum Gasteiger partial charge on any atom is -0.465 e. The fourth-order valence-electron chi connectivity index (χ4n) is 2.71. The Bertz CT molecular complexity index is 519. The van der Waals surface area contributed by atoms with Gasteiger partial charge in [0.25, 0.3) is 5.91 Å². The van der Waals surface area contributed by atoms with Crippen LogP contribution in [0.2, 0.25) is 0 Å². The summed E-state index contributed by atoms with van der Waals surface area (Å²) in [6.45, 7) is 5.82. The fraction of sp³-hybridized carbons (Fsp3) is 0.556. The molecule has 1 amide bonds. The molecule has 2 rings (SSSR count). The van der Waals surface area contributed by atoms with E-state index in [9.17, 15) is 9.59 Å². The highest BCUT2D eigenvalue weighted by Crippen LogP contribution is 2.20. The molecule has 0 saturated carbocycles. The molecule has 0 N–H and O–H groups in total. The Hall–Kier alpha value is -1.84. The van der Waals surface area contributed by atoms with E-state index in [0.717, 1.165) is 24.0 Å². The monoisotopic (exact) mass is 303 g/mol. The van der Waals surface area contributed by atoms with Crippen LogP contribution in [0.15, 0.2) is 24.3 Å². The summed E-state index contributed by atoms with van der Waals surface area (Å²) in [6, 6.07) is 7.64. The number of benzene rings is 1. The van der Waals surface area contributed by atoms with E-state index < -0.39 is 0 Å². The molecule has 120 valence electrons. The number of hydrogen-bond donors (Lipinski definition) is 0. The molecule has 1 aromatic carbocycles. The van der Waals surface area contributed by atoms with Crippen LogP contribution < -0.4 is 0 Å². The van der Waals surface area contributed by atoms with Crippen molar-refractivity contribution in [2.24, 2.45) is 5.92 Å². The first-order valence-corrected chi connectivity index (χ1v) is 8.14. The van der Waals surface area contributed by atoms with Crippen LogP contribution in [-0.2, 0) is 9.53 Å². The molecule has 4 nitrogen and oxygen atoms in total. The Kier molecular flexibility index (Phi) is 5.99. The molecule has 0 spiro atoms. The van der Waals surface area contributed by atoms with Crippen molar-refractivity contribution < 1.29 is 14.3 Å². The van der Waals surface area contributed by atoms with Crippen molar-refractivity contribution in [1.82, 2.24) is 4.90 Å². The molecule has 0 radical (unpaired) electrons. The number of nitrogens with zero attached hydrogens (tertiary/aromatic N) is 1. The lowest BCUT2D eigenvalue weighted by Crippen LogP contribution is -2.40. The van der Waals surface area contributed by atoms with Gasteiger partial charge in [0.05, 0.1) is 12.5 Å². The minimum absolute atomic E-state index is 0.0569. The van der Waals surface area contributed by atoms with E-state index in [4.69, 9.17) is 4.74 Å². The molecule has 1 aliphatic rings. The number of likely N-dealkylation sites (tertiary alicyclic amines) is 1. The second kappa shape index (κ2) is 7.97. The van der Waals surface area contributed by atoms with Gasteiger partial charge in [0.15, 0.2) is 0 Å². The summed E-state index contributed by atoms with van der Waals surface area (Å²) in [7, 11) is 0. The van der Waals surface area contributed by atoms with Gasteiger partial charge in [-0.1, -0.05) is 31.0 Å². The molecule has 1 saturated heterocycles. The van der Waals surface area contributed by atoms with Crippen molar-refractivity contribution in [1.29, 1.82) is 0 Å². The number of carbonyl (C=O) groups excluding carboxylic acids is 2. The first kappa shape index (κ1) is 16.5. The summed E-state index contributed by atoms with van der Waals surface area (Å²) in [6.07, 6.45) is 3.33. The topological polar surface area (TPSA) is 46.6 Å². The van der Waals surface area contributed by atoms with Crippen LogP contribution in [0.4, 0.5) is 0 Å². The number of rotatable bonds is 5. The van der Waals surface area contributed by atoms with E-state index in [1.54, 1.807) is 0 Å². The number of carbonyl (C=O) groups is 2. The van der Waals surface area contributed by atoms with Crippen LogP contribution in [0.1, 0.15) is 48.5 Å². The third kappa shape index (κ3) is 4.33. The van der Waals surface area contributed by atoms with Gasteiger partial charge in [-0.3, -0.25) is 9.59 Å². The first-order chi connectivity index (χ1) is 10.6. The number of ether oxygens (including phenoxy) is 1. The van der Waals surface area contributed by atoms with Gasteiger partial charge in [-0.2, -0.15) is 0 Å². The van der Waals surface area contributed by atoms with Gasteiger partial charge < -0.3 is 9.64 Å². The Balaban J connectivity index is 1.84. The molecule has 22 heavy (non-hydrogen) atoms. The number of hydrogen-bond acceptors (Lipinski definition) is 3. The lowest BCUT2D eigenvalue weighted by molar-refractivity contribution is -0.150. The minimum atomic E-state index is -0.101. The Labute approximate surface area is 132 Å². The van der Waals surface area contributed by atoms with Gasteiger partial charge in [0.1, 0.15) is 0 Å². The van der Waals surface area contributed by atoms with Gasteiger partial charge in [-0.15, -0.1) is 0 Å². The van der Waals surface area contributed by atoms with Crippen molar-refractivity contribution in [2.75, 3.05) is 19.7 Å². The van der Waals surface area contributed by atoms with E-state index in [1.807, 2.05) is 36.1 Å². The smallest absolute Gasteiger partial charge is 0.309 e. The number of esters is 1. The van der Waals surface area contributed by atoms with E-state index in [0.29, 0.717) is 32.5 Å². The van der Waals surface area contributed by atoms with Gasteiger partial charge in [0.2, 0.25) is 0 Å². The number of amides is 1. The lowest BCUT2D eigenvalue weighted by Gasteiger charge is -2.31. The summed E-state index contributed by atoms with van der Waals surface area (Å²) in [5.41, 5.74) is 1.81. The molecule has 1 heterocycles. The highest BCUT2D eigenvalue weighted by Gasteiger charge is 2.28. The average molecular weight is 303 g/mol. The predicted molar refractivity (Wildman–Crippen MR) is 85.7 cm³/mol. The third-order valence-electron chi connectivity index (χ3n) is 4.12. The van der Waals surface area contributed by atoms with Crippen LogP contribution in [0.3, 0.4) is 0 Å². The van der Waals surface area contributed by atoms with Crippen molar-refractivity contribution in [3.63, 3.8) is 0 Å². The molecular formula is C18H25NO3. The predicted octanol–water partition coefficient (Wildman–Crippen LogP) is 3.19. The SMILES string of the molecule is CCCCOC(=O)C1CCN(C(=O)c2cccc(C)c2)CC1. The normalized spacial score (nSPS) is 15.6. The van der Waals surface area contributed by atoms with Crippen LogP contribution >= 0.6 is 0 Å². The molecule has 1 aliphatic heterocycles. The van der Waals surface area contributed by atoms with E-state index in [1.165, 1.54) is 0 Å². The van der Waals surface area contributed by atoms with E-state index >= 15 is 0 Å². The standard InChI is InChI=1S/C18H25NO3/c1-3-4-12-22-18(21)15-8-10-19(11-9-15)17(20)16-7-5-6-14(2)13-16/h5-7,13,15H,3-4,8-12H2,1-2H3. The Morgan fingerprint density at radius 1 is 1.27 bits per heavy atom. The lowest BCUT2D eigenvalue weighted by atomic mass is 9.96. The third-order valence-corrected chi connectivity index (χ3v) is 4.12. The summed E-state index contributed by atoms with van der Waals surface area (Å²) in [5.74, 6) is -0.101. The van der Waals surface area contributed by atoms with Gasteiger partial charge in [0, 0.05) is 18.7 Å². The van der Waals surface area contributed by atoms with Crippen molar-refractivity contribution in [3.05, 3.63) is 35.4 Å². The largest absolute Gasteiger partial charge is 0.465 e. The number of piperidine rings is 1. The maximum atomic E-state index is 12.4. The Morgan fingerprint density at radius 3 is 2.64 bits per heavy atom. The number of aryl methyl sites for hydroxylation is 1. The van der Waals surface area contributed by atoms with Gasteiger partial charge >= 0.3 is 5.97 Å². The van der Waals surface area contributed by atoms with Crippen molar-refractivity contribution >= 4 is 11.9 Å². The highest BCUT2D eigenvalue weighted by atomic mass is 16.5. The molecule has 0 unspecified atom stereocenters. The average Bonchev–Trinajstić information content (AvgIpc) is 2.54. The quantitative estimate of drug-likeness (QED) is 0.620. The second-order valence-electron chi connectivity index (χ2n) is 5.96. The molecule has 4 heteroatoms. The molecule has 1 fully saturated rings. The highest BCUT2D eigenvalue weighted by molar-refractivity contribution is 5.94. The summed E-state index contributed by atoms with van der Waals surface area (Å²) < 4.78 is 5.28. The van der Waals surface area contributed by atoms with Crippen LogP contribution in [0.25, 0.3) is 0 Å². The molecule has 1 aromatic rings. The number of unbranched alkanes of at least 4 members (excludes halogenated alkanes) is 1. The second-order valence-corrected chi connectivity index (χ2v) is 5.96. The molecule has 0 aliphatic carbocycles. The zero-order chi connectivity index (χ0) is 15.9. The Morgan fingerprint density at radius 2 is 2.00 bits per heavy atom. The van der Waals surface area contributed by atoms with E-state index in [-0.39, 0.29) is 17.8 Å². The fourth-order valence-corrected chi connectivity index (χ4v) is 2.71. The van der Waals surface area contributed by atoms with Crippen molar-refractivity contribution in [2.45, 2.75) is 39.5 Å². The maximum absolute atomic E-state index is 12.4.